The summed E-state index contributed by atoms with van der Waals surface area (Å²) in [7, 11) is 0. The van der Waals surface area contributed by atoms with Crippen molar-refractivity contribution in [3.63, 3.8) is 0 Å². The van der Waals surface area contributed by atoms with Crippen molar-refractivity contribution in [2.45, 2.75) is 50.2 Å². The van der Waals surface area contributed by atoms with Crippen molar-refractivity contribution in [3.8, 4) is 5.75 Å². The zero-order valence-corrected chi connectivity index (χ0v) is 11.4. The molecule has 17 heavy (non-hydrogen) atoms. The second-order valence-corrected chi connectivity index (χ2v) is 6.16. The summed E-state index contributed by atoms with van der Waals surface area (Å²) >= 11 is 3.44. The zero-order valence-electron chi connectivity index (χ0n) is 9.79. The maximum absolute atomic E-state index is 10.3. The van der Waals surface area contributed by atoms with Gasteiger partial charge in [0.25, 0.3) is 0 Å². The minimum absolute atomic E-state index is 0.0987. The van der Waals surface area contributed by atoms with E-state index in [0.717, 1.165) is 35.0 Å². The van der Waals surface area contributed by atoms with Crippen LogP contribution >= 0.6 is 15.9 Å². The zero-order chi connectivity index (χ0) is 11.9. The first-order valence-electron chi connectivity index (χ1n) is 6.35. The SMILES string of the molecule is O[C@H]1CC2(CCCCC2)Oc2ccc(Br)cc21. The van der Waals surface area contributed by atoms with Crippen molar-refractivity contribution in [3.05, 3.63) is 28.2 Å². The molecule has 0 saturated heterocycles. The second kappa shape index (κ2) is 4.29. The lowest BCUT2D eigenvalue weighted by molar-refractivity contribution is -0.0381. The number of rotatable bonds is 0. The number of hydrogen-bond acceptors (Lipinski definition) is 2. The molecular weight excluding hydrogens is 280 g/mol. The maximum atomic E-state index is 10.3. The van der Waals surface area contributed by atoms with E-state index < -0.39 is 0 Å². The van der Waals surface area contributed by atoms with Crippen LogP contribution in [-0.2, 0) is 0 Å². The van der Waals surface area contributed by atoms with Crippen LogP contribution in [0, 0.1) is 0 Å². The lowest BCUT2D eigenvalue weighted by Gasteiger charge is -2.43. The molecule has 1 N–H and O–H groups in total. The van der Waals surface area contributed by atoms with E-state index >= 15 is 0 Å². The van der Waals surface area contributed by atoms with Gasteiger partial charge in [0.2, 0.25) is 0 Å². The third kappa shape index (κ3) is 2.11. The molecule has 1 fully saturated rings. The van der Waals surface area contributed by atoms with Gasteiger partial charge in [-0.15, -0.1) is 0 Å². The number of ether oxygens (including phenoxy) is 1. The van der Waals surface area contributed by atoms with E-state index in [1.165, 1.54) is 19.3 Å². The van der Waals surface area contributed by atoms with Crippen LogP contribution in [-0.4, -0.2) is 10.7 Å². The number of halogens is 1. The number of benzene rings is 1. The van der Waals surface area contributed by atoms with Gasteiger partial charge in [-0.2, -0.15) is 0 Å². The summed E-state index contributed by atoms with van der Waals surface area (Å²) in [4.78, 5) is 0. The summed E-state index contributed by atoms with van der Waals surface area (Å²) in [5.74, 6) is 0.869. The lowest BCUT2D eigenvalue weighted by Crippen LogP contribution is -2.42. The molecule has 3 rings (SSSR count). The average molecular weight is 297 g/mol. The first-order valence-corrected chi connectivity index (χ1v) is 7.14. The Balaban J connectivity index is 1.94. The fourth-order valence-corrected chi connectivity index (χ4v) is 3.49. The molecule has 0 radical (unpaired) electrons. The molecule has 92 valence electrons. The third-order valence-electron chi connectivity index (χ3n) is 3.99. The van der Waals surface area contributed by atoms with Crippen molar-refractivity contribution < 1.29 is 9.84 Å². The lowest BCUT2D eigenvalue weighted by atomic mass is 9.78. The molecular formula is C14H17BrO2. The standard InChI is InChI=1S/C14H17BrO2/c15-10-4-5-13-11(8-10)12(16)9-14(17-13)6-2-1-3-7-14/h4-5,8,12,16H,1-3,6-7,9H2/t12-/m0/s1. The number of fused-ring (bicyclic) bond motifs is 1. The van der Waals surface area contributed by atoms with Gasteiger partial charge in [0, 0.05) is 16.5 Å². The van der Waals surface area contributed by atoms with Gasteiger partial charge in [-0.1, -0.05) is 22.4 Å². The highest BCUT2D eigenvalue weighted by Crippen LogP contribution is 2.46. The first-order chi connectivity index (χ1) is 8.19. The molecule has 2 nitrogen and oxygen atoms in total. The van der Waals surface area contributed by atoms with Gasteiger partial charge in [-0.25, -0.2) is 0 Å². The van der Waals surface area contributed by atoms with Crippen LogP contribution in [0.1, 0.15) is 50.2 Å². The van der Waals surface area contributed by atoms with Gasteiger partial charge in [0.05, 0.1) is 6.10 Å². The second-order valence-electron chi connectivity index (χ2n) is 5.25. The Kier molecular flexibility index (Phi) is 2.91. The van der Waals surface area contributed by atoms with Crippen LogP contribution in [0.15, 0.2) is 22.7 Å². The van der Waals surface area contributed by atoms with E-state index in [1.54, 1.807) is 0 Å². The molecule has 0 bridgehead atoms. The van der Waals surface area contributed by atoms with E-state index in [2.05, 4.69) is 15.9 Å². The van der Waals surface area contributed by atoms with Gasteiger partial charge < -0.3 is 9.84 Å². The molecule has 1 aliphatic carbocycles. The van der Waals surface area contributed by atoms with Crippen molar-refractivity contribution in [1.82, 2.24) is 0 Å². The van der Waals surface area contributed by atoms with Crippen LogP contribution in [0.25, 0.3) is 0 Å². The van der Waals surface area contributed by atoms with Gasteiger partial charge in [0.1, 0.15) is 11.4 Å². The van der Waals surface area contributed by atoms with Crippen molar-refractivity contribution in [2.75, 3.05) is 0 Å². The fourth-order valence-electron chi connectivity index (χ4n) is 3.11. The molecule has 1 saturated carbocycles. The summed E-state index contributed by atoms with van der Waals surface area (Å²) in [6.45, 7) is 0. The molecule has 0 aromatic heterocycles. The highest BCUT2D eigenvalue weighted by Gasteiger charge is 2.41. The quantitative estimate of drug-likeness (QED) is 0.785. The summed E-state index contributed by atoms with van der Waals surface area (Å²) in [6, 6.07) is 5.92. The molecule has 1 heterocycles. The Morgan fingerprint density at radius 2 is 2.00 bits per heavy atom. The van der Waals surface area contributed by atoms with Crippen LogP contribution in [0.2, 0.25) is 0 Å². The molecule has 0 unspecified atom stereocenters. The van der Waals surface area contributed by atoms with Gasteiger partial charge >= 0.3 is 0 Å². The molecule has 1 aromatic carbocycles. The number of hydrogen-bond donors (Lipinski definition) is 1. The highest BCUT2D eigenvalue weighted by molar-refractivity contribution is 9.10. The minimum atomic E-state index is -0.380. The Labute approximate surface area is 110 Å². The minimum Gasteiger partial charge on any atom is -0.487 e. The molecule has 0 amide bonds. The summed E-state index contributed by atoms with van der Waals surface area (Å²) in [5.41, 5.74) is 0.828. The summed E-state index contributed by atoms with van der Waals surface area (Å²) in [5, 5.41) is 10.3. The first kappa shape index (κ1) is 11.5. The topological polar surface area (TPSA) is 29.5 Å². The van der Waals surface area contributed by atoms with Gasteiger partial charge in [-0.3, -0.25) is 0 Å². The van der Waals surface area contributed by atoms with E-state index in [9.17, 15) is 5.11 Å². The summed E-state index contributed by atoms with van der Waals surface area (Å²) < 4.78 is 7.20. The van der Waals surface area contributed by atoms with Crippen LogP contribution < -0.4 is 4.74 Å². The monoisotopic (exact) mass is 296 g/mol. The van der Waals surface area contributed by atoms with E-state index in [0.29, 0.717) is 0 Å². The molecule has 1 aromatic rings. The van der Waals surface area contributed by atoms with Crippen LogP contribution in [0.5, 0.6) is 5.75 Å². The molecule has 1 spiro atoms. The predicted octanol–water partition coefficient (Wildman–Crippen LogP) is 3.97. The van der Waals surface area contributed by atoms with Crippen molar-refractivity contribution >= 4 is 15.9 Å². The molecule has 2 aliphatic rings. The van der Waals surface area contributed by atoms with Crippen LogP contribution in [0.3, 0.4) is 0 Å². The Hall–Kier alpha value is -0.540. The van der Waals surface area contributed by atoms with Crippen LogP contribution in [0.4, 0.5) is 0 Å². The number of aliphatic hydroxyl groups is 1. The number of aliphatic hydroxyl groups excluding tert-OH is 1. The largest absolute Gasteiger partial charge is 0.487 e. The smallest absolute Gasteiger partial charge is 0.126 e. The third-order valence-corrected chi connectivity index (χ3v) is 4.48. The average Bonchev–Trinajstić information content (AvgIpc) is 2.31. The molecule has 1 aliphatic heterocycles. The Morgan fingerprint density at radius 1 is 1.24 bits per heavy atom. The highest BCUT2D eigenvalue weighted by atomic mass is 79.9. The maximum Gasteiger partial charge on any atom is 0.126 e. The van der Waals surface area contributed by atoms with Crippen molar-refractivity contribution in [2.24, 2.45) is 0 Å². The van der Waals surface area contributed by atoms with E-state index in [4.69, 9.17) is 4.74 Å². The summed E-state index contributed by atoms with van der Waals surface area (Å²) in [6.07, 6.45) is 6.27. The molecule has 3 heteroatoms. The normalized spacial score (nSPS) is 26.4. The van der Waals surface area contributed by atoms with E-state index in [-0.39, 0.29) is 11.7 Å². The Morgan fingerprint density at radius 3 is 2.76 bits per heavy atom. The molecule has 1 atom stereocenters. The van der Waals surface area contributed by atoms with Gasteiger partial charge in [-0.05, 0) is 43.9 Å². The predicted molar refractivity (Wildman–Crippen MR) is 70.2 cm³/mol. The fraction of sp³-hybridized carbons (Fsp3) is 0.571. The van der Waals surface area contributed by atoms with Crippen molar-refractivity contribution in [1.29, 1.82) is 0 Å². The Bertz CT molecular complexity index is 424. The van der Waals surface area contributed by atoms with Gasteiger partial charge in [0.15, 0.2) is 0 Å². The van der Waals surface area contributed by atoms with E-state index in [1.807, 2.05) is 18.2 Å².